The molecule has 7 nitrogen and oxygen atoms in total. The normalized spacial score (nSPS) is 24.2. The van der Waals surface area contributed by atoms with Crippen LogP contribution in [0.4, 0.5) is 10.5 Å². The number of nitrogens with one attached hydrogen (secondary N) is 1. The van der Waals surface area contributed by atoms with Gasteiger partial charge in [0.15, 0.2) is 9.84 Å². The quantitative estimate of drug-likeness (QED) is 0.828. The van der Waals surface area contributed by atoms with Gasteiger partial charge < -0.3 is 5.32 Å². The van der Waals surface area contributed by atoms with Crippen LogP contribution in [0, 0.1) is 13.8 Å². The number of aromatic nitrogens is 2. The average molecular weight is 417 g/mol. The first-order valence-corrected chi connectivity index (χ1v) is 11.6. The molecule has 0 unspecified atom stereocenters. The van der Waals surface area contributed by atoms with Crippen LogP contribution in [0.3, 0.4) is 0 Å². The van der Waals surface area contributed by atoms with Gasteiger partial charge in [0.25, 0.3) is 5.24 Å². The molecular weight excluding hydrogens is 396 g/mol. The van der Waals surface area contributed by atoms with Crippen molar-refractivity contribution < 1.29 is 13.2 Å². The zero-order valence-corrected chi connectivity index (χ0v) is 17.2. The number of hydrogen-bond donors (Lipinski definition) is 1. The van der Waals surface area contributed by atoms with Crippen molar-refractivity contribution in [2.75, 3.05) is 11.5 Å². The summed E-state index contributed by atoms with van der Waals surface area (Å²) >= 11 is 1.09. The van der Waals surface area contributed by atoms with Crippen molar-refractivity contribution in [1.82, 2.24) is 15.1 Å². The molecule has 2 aliphatic rings. The summed E-state index contributed by atoms with van der Waals surface area (Å²) in [5.41, 5.74) is 3.34. The van der Waals surface area contributed by atoms with Crippen LogP contribution in [0.2, 0.25) is 0 Å². The summed E-state index contributed by atoms with van der Waals surface area (Å²) in [6.45, 7) is 3.82. The molecule has 0 aliphatic carbocycles. The van der Waals surface area contributed by atoms with Gasteiger partial charge in [-0.05, 0) is 50.2 Å². The topological polar surface area (TPSA) is 93.4 Å². The number of amides is 1. The number of benzene rings is 1. The lowest BCUT2D eigenvalue weighted by molar-refractivity contribution is 0.265. The number of amidine groups is 1. The van der Waals surface area contributed by atoms with Crippen molar-refractivity contribution in [2.45, 2.75) is 26.3 Å². The molecule has 0 bridgehead atoms. The number of hydrogen-bond acceptors (Lipinski definition) is 6. The molecule has 2 aliphatic heterocycles. The van der Waals surface area contributed by atoms with E-state index < -0.39 is 9.84 Å². The predicted molar refractivity (Wildman–Crippen MR) is 112 cm³/mol. The van der Waals surface area contributed by atoms with Crippen molar-refractivity contribution >= 4 is 44.4 Å². The number of thioether (sulfide) groups is 1. The lowest BCUT2D eigenvalue weighted by atomic mass is 10.1. The maximum atomic E-state index is 11.9. The lowest BCUT2D eigenvalue weighted by Gasteiger charge is -2.11. The summed E-state index contributed by atoms with van der Waals surface area (Å²) in [5.74, 6) is 0.839. The van der Waals surface area contributed by atoms with Crippen LogP contribution in [0.1, 0.15) is 29.4 Å². The minimum absolute atomic E-state index is 0.125. The molecule has 3 heterocycles. The van der Waals surface area contributed by atoms with Crippen LogP contribution in [0.5, 0.6) is 0 Å². The molecule has 0 radical (unpaired) electrons. The number of rotatable bonds is 3. The third kappa shape index (κ3) is 3.77. The second kappa shape index (κ2) is 7.21. The van der Waals surface area contributed by atoms with Crippen LogP contribution in [0.15, 0.2) is 40.2 Å². The van der Waals surface area contributed by atoms with E-state index in [1.54, 1.807) is 0 Å². The first-order valence-electron chi connectivity index (χ1n) is 8.93. The van der Waals surface area contributed by atoms with E-state index in [1.807, 2.05) is 54.9 Å². The second-order valence-electron chi connectivity index (χ2n) is 6.90. The first kappa shape index (κ1) is 18.9. The third-order valence-corrected chi connectivity index (χ3v) is 7.43. The Bertz CT molecular complexity index is 1100. The number of carbonyl (C=O) groups is 1. The number of carbonyl (C=O) groups excluding carboxylic acids is 1. The maximum Gasteiger partial charge on any atom is 0.289 e. The Balaban J connectivity index is 1.70. The highest BCUT2D eigenvalue weighted by Gasteiger charge is 2.32. The van der Waals surface area contributed by atoms with Crippen LogP contribution >= 0.6 is 11.8 Å². The minimum Gasteiger partial charge on any atom is -0.300 e. The van der Waals surface area contributed by atoms with E-state index >= 15 is 0 Å². The van der Waals surface area contributed by atoms with E-state index in [2.05, 4.69) is 15.4 Å². The van der Waals surface area contributed by atoms with Crippen LogP contribution in [0.25, 0.3) is 6.08 Å². The standard InChI is InChI=1S/C19H20N4O3S2/c1-12-16(13(2)23(22-12)15-8-9-28(25,26)11-15)10-17-18(21-19(24)27-17)20-14-6-4-3-5-7-14/h3-7,10,15H,8-9,11H2,1-2H3,(H,20,21,24)/b17-10-/t15-/m0/s1. The Kier molecular flexibility index (Phi) is 4.88. The zero-order valence-electron chi connectivity index (χ0n) is 15.5. The number of nitrogens with zero attached hydrogens (tertiary/aromatic N) is 3. The van der Waals surface area contributed by atoms with E-state index in [9.17, 15) is 13.2 Å². The maximum absolute atomic E-state index is 11.9. The van der Waals surface area contributed by atoms with Crippen LogP contribution in [-0.2, 0) is 9.84 Å². The molecule has 1 aromatic heterocycles. The van der Waals surface area contributed by atoms with E-state index in [4.69, 9.17) is 0 Å². The molecule has 0 spiro atoms. The molecule has 146 valence electrons. The SMILES string of the molecule is Cc1nn([C@H]2CCS(=O)(=O)C2)c(C)c1/C=C1\SC(=O)NC1=Nc1ccccc1. The van der Waals surface area contributed by atoms with Gasteiger partial charge in [-0.2, -0.15) is 5.10 Å². The minimum atomic E-state index is -2.99. The molecule has 2 aromatic rings. The van der Waals surface area contributed by atoms with Crippen LogP contribution in [-0.4, -0.2) is 40.8 Å². The second-order valence-corrected chi connectivity index (χ2v) is 10.1. The highest BCUT2D eigenvalue weighted by molar-refractivity contribution is 8.18. The van der Waals surface area contributed by atoms with Crippen molar-refractivity contribution in [3.05, 3.63) is 52.2 Å². The van der Waals surface area contributed by atoms with Crippen LogP contribution < -0.4 is 5.32 Å². The van der Waals surface area contributed by atoms with Gasteiger partial charge in [-0.3, -0.25) is 9.48 Å². The molecular formula is C19H20N4O3S2. The van der Waals surface area contributed by atoms with Gasteiger partial charge in [0.1, 0.15) is 5.84 Å². The molecule has 2 fully saturated rings. The molecule has 0 saturated carbocycles. The van der Waals surface area contributed by atoms with Gasteiger partial charge in [-0.15, -0.1) is 0 Å². The molecule has 1 amide bonds. The van der Waals surface area contributed by atoms with Gasteiger partial charge >= 0.3 is 0 Å². The van der Waals surface area contributed by atoms with Crippen molar-refractivity contribution in [2.24, 2.45) is 4.99 Å². The fourth-order valence-electron chi connectivity index (χ4n) is 3.48. The van der Waals surface area contributed by atoms with E-state index in [0.717, 1.165) is 39.3 Å². The molecule has 1 atom stereocenters. The monoisotopic (exact) mass is 416 g/mol. The van der Waals surface area contributed by atoms with Gasteiger partial charge in [0, 0.05) is 11.3 Å². The number of aliphatic imine (C=N–C) groups is 1. The molecule has 9 heteroatoms. The summed E-state index contributed by atoms with van der Waals surface area (Å²) in [4.78, 5) is 17.2. The molecule has 28 heavy (non-hydrogen) atoms. The smallest absolute Gasteiger partial charge is 0.289 e. The van der Waals surface area contributed by atoms with Gasteiger partial charge in [-0.25, -0.2) is 13.4 Å². The number of sulfone groups is 1. The summed E-state index contributed by atoms with van der Waals surface area (Å²) in [5, 5.41) is 7.19. The molecule has 2 saturated heterocycles. The number of aryl methyl sites for hydroxylation is 1. The predicted octanol–water partition coefficient (Wildman–Crippen LogP) is 3.39. The van der Waals surface area contributed by atoms with Crippen molar-refractivity contribution in [3.8, 4) is 0 Å². The summed E-state index contributed by atoms with van der Waals surface area (Å²) in [7, 11) is -2.99. The Morgan fingerprint density at radius 3 is 2.71 bits per heavy atom. The van der Waals surface area contributed by atoms with Crippen molar-refractivity contribution in [3.63, 3.8) is 0 Å². The Hall–Kier alpha value is -2.39. The summed E-state index contributed by atoms with van der Waals surface area (Å²) < 4.78 is 25.5. The highest BCUT2D eigenvalue weighted by atomic mass is 32.2. The molecule has 1 aromatic carbocycles. The third-order valence-electron chi connectivity index (χ3n) is 4.86. The Morgan fingerprint density at radius 2 is 2.04 bits per heavy atom. The highest BCUT2D eigenvalue weighted by Crippen LogP contribution is 2.32. The average Bonchev–Trinajstić information content (AvgIpc) is 3.27. The summed E-state index contributed by atoms with van der Waals surface area (Å²) in [6.07, 6.45) is 2.48. The fraction of sp³-hybridized carbons (Fsp3) is 0.316. The number of para-hydroxylation sites is 1. The zero-order chi connectivity index (χ0) is 19.9. The van der Waals surface area contributed by atoms with E-state index in [1.165, 1.54) is 0 Å². The van der Waals surface area contributed by atoms with Gasteiger partial charge in [0.05, 0.1) is 33.8 Å². The Morgan fingerprint density at radius 1 is 1.29 bits per heavy atom. The van der Waals surface area contributed by atoms with E-state index in [-0.39, 0.29) is 22.8 Å². The fourth-order valence-corrected chi connectivity index (χ4v) is 5.89. The Labute approximate surface area is 167 Å². The van der Waals surface area contributed by atoms with Gasteiger partial charge in [-0.1, -0.05) is 18.2 Å². The lowest BCUT2D eigenvalue weighted by Crippen LogP contribution is -2.18. The molecule has 4 rings (SSSR count). The molecule has 1 N–H and O–H groups in total. The summed E-state index contributed by atoms with van der Waals surface area (Å²) in [6, 6.07) is 9.29. The largest absolute Gasteiger partial charge is 0.300 e. The van der Waals surface area contributed by atoms with Gasteiger partial charge in [0.2, 0.25) is 0 Å². The van der Waals surface area contributed by atoms with E-state index in [0.29, 0.717) is 12.3 Å². The van der Waals surface area contributed by atoms with Crippen molar-refractivity contribution in [1.29, 1.82) is 0 Å². The first-order chi connectivity index (χ1) is 13.3.